The smallest absolute Gasteiger partial charge is 0.328 e. The summed E-state index contributed by atoms with van der Waals surface area (Å²) in [7, 11) is 2.99. The molecule has 0 radical (unpaired) electrons. The van der Waals surface area contributed by atoms with Gasteiger partial charge in [-0.05, 0) is 51.6 Å². The Kier molecular flexibility index (Phi) is 7.44. The van der Waals surface area contributed by atoms with Crippen LogP contribution in [-0.4, -0.2) is 47.7 Å². The number of amides is 1. The number of nitrogens with one attached hydrogen (secondary N) is 1. The van der Waals surface area contributed by atoms with Gasteiger partial charge in [-0.3, -0.25) is 4.79 Å². The molecule has 29 heavy (non-hydrogen) atoms. The molecule has 1 amide bonds. The van der Waals surface area contributed by atoms with Gasteiger partial charge in [-0.25, -0.2) is 4.79 Å². The molecule has 156 valence electrons. The standard InChI is InChI=1S/C20H25N3O5S/c1-12(18(25)28-20(2,3)4)21-17(24)13-9-7-8-10-14(13)29-19-22-15(26-5)11-16(23-19)27-6/h7-12H,1-6H3,(H,21,24)/t12-/m0/s1. The lowest BCUT2D eigenvalue weighted by Gasteiger charge is -2.22. The molecule has 0 fully saturated rings. The molecule has 1 aromatic heterocycles. The van der Waals surface area contributed by atoms with Gasteiger partial charge in [-0.2, -0.15) is 9.97 Å². The Labute approximate surface area is 174 Å². The van der Waals surface area contributed by atoms with Crippen molar-refractivity contribution in [2.45, 2.75) is 49.4 Å². The molecule has 8 nitrogen and oxygen atoms in total. The topological polar surface area (TPSA) is 99.6 Å². The van der Waals surface area contributed by atoms with Crippen LogP contribution in [0.3, 0.4) is 0 Å². The third-order valence-electron chi connectivity index (χ3n) is 3.52. The second-order valence-corrected chi connectivity index (χ2v) is 8.07. The van der Waals surface area contributed by atoms with Gasteiger partial charge < -0.3 is 19.5 Å². The highest BCUT2D eigenvalue weighted by atomic mass is 32.2. The number of carbonyl (C=O) groups excluding carboxylic acids is 2. The predicted molar refractivity (Wildman–Crippen MR) is 108 cm³/mol. The van der Waals surface area contributed by atoms with Crippen LogP contribution in [0.25, 0.3) is 0 Å². The highest BCUT2D eigenvalue weighted by molar-refractivity contribution is 7.99. The van der Waals surface area contributed by atoms with Crippen LogP contribution in [0, 0.1) is 0 Å². The fourth-order valence-corrected chi connectivity index (χ4v) is 3.09. The molecule has 0 unspecified atom stereocenters. The summed E-state index contributed by atoms with van der Waals surface area (Å²) in [4.78, 5) is 34.1. The predicted octanol–water partition coefficient (Wildman–Crippen LogP) is 3.11. The summed E-state index contributed by atoms with van der Waals surface area (Å²) < 4.78 is 15.6. The molecule has 1 aromatic carbocycles. The zero-order valence-corrected chi connectivity index (χ0v) is 18.1. The fraction of sp³-hybridized carbons (Fsp3) is 0.400. The SMILES string of the molecule is COc1cc(OC)nc(Sc2ccccc2C(=O)N[C@@H](C)C(=O)OC(C)(C)C)n1. The Morgan fingerprint density at radius 3 is 2.21 bits per heavy atom. The van der Waals surface area contributed by atoms with Gasteiger partial charge in [0.1, 0.15) is 11.6 Å². The van der Waals surface area contributed by atoms with Gasteiger partial charge in [0.15, 0.2) is 5.16 Å². The monoisotopic (exact) mass is 419 g/mol. The average Bonchev–Trinajstić information content (AvgIpc) is 2.66. The zero-order valence-electron chi connectivity index (χ0n) is 17.3. The molecular weight excluding hydrogens is 394 g/mol. The molecule has 0 aliphatic carbocycles. The molecule has 1 atom stereocenters. The van der Waals surface area contributed by atoms with Gasteiger partial charge >= 0.3 is 5.97 Å². The summed E-state index contributed by atoms with van der Waals surface area (Å²) in [5.74, 6) is -0.210. The Balaban J connectivity index is 2.20. The van der Waals surface area contributed by atoms with Crippen molar-refractivity contribution in [3.8, 4) is 11.8 Å². The van der Waals surface area contributed by atoms with E-state index in [4.69, 9.17) is 14.2 Å². The van der Waals surface area contributed by atoms with Crippen LogP contribution < -0.4 is 14.8 Å². The van der Waals surface area contributed by atoms with Crippen molar-refractivity contribution in [2.24, 2.45) is 0 Å². The third-order valence-corrected chi connectivity index (χ3v) is 4.46. The fourth-order valence-electron chi connectivity index (χ4n) is 2.20. The van der Waals surface area contributed by atoms with Crippen LogP contribution in [0.1, 0.15) is 38.1 Å². The van der Waals surface area contributed by atoms with Gasteiger partial charge in [0.2, 0.25) is 11.8 Å². The third kappa shape index (κ3) is 6.63. The number of benzene rings is 1. The van der Waals surface area contributed by atoms with E-state index in [-0.39, 0.29) is 0 Å². The van der Waals surface area contributed by atoms with Crippen molar-refractivity contribution in [3.63, 3.8) is 0 Å². The minimum Gasteiger partial charge on any atom is -0.481 e. The van der Waals surface area contributed by atoms with Crippen molar-refractivity contribution in [1.29, 1.82) is 0 Å². The lowest BCUT2D eigenvalue weighted by molar-refractivity contribution is -0.156. The normalized spacial score (nSPS) is 12.1. The summed E-state index contributed by atoms with van der Waals surface area (Å²) in [5, 5.41) is 3.04. The Morgan fingerprint density at radius 2 is 1.66 bits per heavy atom. The number of carbonyl (C=O) groups is 2. The maximum atomic E-state index is 12.8. The molecule has 9 heteroatoms. The first kappa shape index (κ1) is 22.5. The molecule has 1 N–H and O–H groups in total. The van der Waals surface area contributed by atoms with E-state index in [0.717, 1.165) is 0 Å². The van der Waals surface area contributed by atoms with Gasteiger partial charge in [0.25, 0.3) is 5.91 Å². The number of nitrogens with zero attached hydrogens (tertiary/aromatic N) is 2. The molecular formula is C20H25N3O5S. The Bertz CT molecular complexity index is 860. The maximum Gasteiger partial charge on any atom is 0.328 e. The van der Waals surface area contributed by atoms with Crippen LogP contribution in [-0.2, 0) is 9.53 Å². The Hall–Kier alpha value is -2.81. The van der Waals surface area contributed by atoms with Crippen LogP contribution in [0.5, 0.6) is 11.8 Å². The van der Waals surface area contributed by atoms with E-state index < -0.39 is 23.5 Å². The summed E-state index contributed by atoms with van der Waals surface area (Å²) in [5.41, 5.74) is -0.245. The molecule has 0 aliphatic rings. The van der Waals surface area contributed by atoms with Crippen molar-refractivity contribution < 1.29 is 23.8 Å². The van der Waals surface area contributed by atoms with E-state index in [2.05, 4.69) is 15.3 Å². The second kappa shape index (κ2) is 9.60. The van der Waals surface area contributed by atoms with Gasteiger partial charge in [0, 0.05) is 4.90 Å². The zero-order chi connectivity index (χ0) is 21.6. The van der Waals surface area contributed by atoms with Gasteiger partial charge in [0.05, 0.1) is 25.8 Å². The van der Waals surface area contributed by atoms with Crippen molar-refractivity contribution in [3.05, 3.63) is 35.9 Å². The number of rotatable bonds is 7. The van der Waals surface area contributed by atoms with Crippen molar-refractivity contribution in [2.75, 3.05) is 14.2 Å². The molecule has 0 saturated carbocycles. The van der Waals surface area contributed by atoms with Crippen LogP contribution >= 0.6 is 11.8 Å². The number of aromatic nitrogens is 2. The van der Waals surface area contributed by atoms with Crippen LogP contribution in [0.4, 0.5) is 0 Å². The van der Waals surface area contributed by atoms with Crippen LogP contribution in [0.2, 0.25) is 0 Å². The van der Waals surface area contributed by atoms with Crippen molar-refractivity contribution >= 4 is 23.6 Å². The average molecular weight is 420 g/mol. The first-order chi connectivity index (χ1) is 13.6. The largest absolute Gasteiger partial charge is 0.481 e. The molecule has 2 aromatic rings. The van der Waals surface area contributed by atoms with Crippen molar-refractivity contribution in [1.82, 2.24) is 15.3 Å². The van der Waals surface area contributed by atoms with Gasteiger partial charge in [-0.15, -0.1) is 0 Å². The summed E-state index contributed by atoms with van der Waals surface area (Å²) in [6.45, 7) is 6.90. The van der Waals surface area contributed by atoms with E-state index in [0.29, 0.717) is 27.4 Å². The van der Waals surface area contributed by atoms with E-state index in [1.165, 1.54) is 26.0 Å². The molecule has 0 bridgehead atoms. The minimum atomic E-state index is -0.798. The highest BCUT2D eigenvalue weighted by Crippen LogP contribution is 2.30. The minimum absolute atomic E-state index is 0.347. The summed E-state index contributed by atoms with van der Waals surface area (Å²) in [6, 6.07) is 7.74. The van der Waals surface area contributed by atoms with E-state index in [1.807, 2.05) is 0 Å². The maximum absolute atomic E-state index is 12.8. The lowest BCUT2D eigenvalue weighted by atomic mass is 10.2. The Morgan fingerprint density at radius 1 is 1.07 bits per heavy atom. The summed E-state index contributed by atoms with van der Waals surface area (Å²) >= 11 is 1.19. The van der Waals surface area contributed by atoms with E-state index in [1.54, 1.807) is 58.0 Å². The van der Waals surface area contributed by atoms with Crippen LogP contribution in [0.15, 0.2) is 40.4 Å². The second-order valence-electron chi connectivity index (χ2n) is 7.06. The lowest BCUT2D eigenvalue weighted by Crippen LogP contribution is -2.42. The number of methoxy groups -OCH3 is 2. The van der Waals surface area contributed by atoms with Gasteiger partial charge in [-0.1, -0.05) is 12.1 Å². The number of hydrogen-bond acceptors (Lipinski definition) is 8. The number of ether oxygens (including phenoxy) is 3. The summed E-state index contributed by atoms with van der Waals surface area (Å²) in [6.07, 6.45) is 0. The number of hydrogen-bond donors (Lipinski definition) is 1. The molecule has 0 saturated heterocycles. The molecule has 0 spiro atoms. The highest BCUT2D eigenvalue weighted by Gasteiger charge is 2.24. The molecule has 1 heterocycles. The first-order valence-corrected chi connectivity index (χ1v) is 9.72. The quantitative estimate of drug-likeness (QED) is 0.540. The number of esters is 1. The first-order valence-electron chi connectivity index (χ1n) is 8.90. The van der Waals surface area contributed by atoms with E-state index >= 15 is 0 Å². The molecule has 0 aliphatic heterocycles. The van der Waals surface area contributed by atoms with E-state index in [9.17, 15) is 9.59 Å². The molecule has 2 rings (SSSR count).